The van der Waals surface area contributed by atoms with Crippen LogP contribution in [0.4, 0.5) is 16.6 Å². The summed E-state index contributed by atoms with van der Waals surface area (Å²) < 4.78 is 5.08. The molecule has 0 saturated carbocycles. The molecule has 0 spiro atoms. The number of piperazine rings is 2. The van der Waals surface area contributed by atoms with E-state index < -0.39 is 0 Å². The van der Waals surface area contributed by atoms with Gasteiger partial charge < -0.3 is 24.3 Å². The fraction of sp³-hybridized carbons (Fsp3) is 0.706. The molecule has 3 heterocycles. The van der Waals surface area contributed by atoms with E-state index in [9.17, 15) is 4.79 Å². The van der Waals surface area contributed by atoms with Crippen molar-refractivity contribution in [2.24, 2.45) is 0 Å². The van der Waals surface area contributed by atoms with Crippen LogP contribution < -0.4 is 9.80 Å². The third-order valence-electron chi connectivity index (χ3n) is 4.74. The van der Waals surface area contributed by atoms with Gasteiger partial charge in [0.05, 0.1) is 6.61 Å². The second-order valence-electron chi connectivity index (χ2n) is 6.63. The number of aromatic nitrogens is 2. The maximum Gasteiger partial charge on any atom is 0.409 e. The van der Waals surface area contributed by atoms with Gasteiger partial charge in [-0.25, -0.2) is 9.78 Å². The van der Waals surface area contributed by atoms with E-state index in [0.29, 0.717) is 19.7 Å². The van der Waals surface area contributed by atoms with Crippen molar-refractivity contribution in [3.05, 3.63) is 11.8 Å². The lowest BCUT2D eigenvalue weighted by Crippen LogP contribution is -2.49. The normalized spacial score (nSPS) is 19.2. The highest BCUT2D eigenvalue weighted by Crippen LogP contribution is 2.20. The molecule has 8 nitrogen and oxygen atoms in total. The van der Waals surface area contributed by atoms with Gasteiger partial charge in [0.25, 0.3) is 0 Å². The smallest absolute Gasteiger partial charge is 0.409 e. The van der Waals surface area contributed by atoms with Crippen LogP contribution in [-0.2, 0) is 4.74 Å². The van der Waals surface area contributed by atoms with Crippen molar-refractivity contribution in [3.63, 3.8) is 0 Å². The van der Waals surface area contributed by atoms with Crippen LogP contribution in [0.1, 0.15) is 12.6 Å². The highest BCUT2D eigenvalue weighted by atomic mass is 16.6. The monoisotopic (exact) mass is 348 g/mol. The zero-order valence-electron chi connectivity index (χ0n) is 15.4. The Morgan fingerprint density at radius 3 is 2.32 bits per heavy atom. The first-order valence-electron chi connectivity index (χ1n) is 9.02. The SMILES string of the molecule is CCOC(=O)N1CCN(c2cc(C)nc(N3CCN(C)CC3)n2)CC1. The van der Waals surface area contributed by atoms with Gasteiger partial charge in [-0.15, -0.1) is 0 Å². The molecule has 2 fully saturated rings. The summed E-state index contributed by atoms with van der Waals surface area (Å²) in [6, 6.07) is 2.03. The largest absolute Gasteiger partial charge is 0.450 e. The van der Waals surface area contributed by atoms with Gasteiger partial charge in [-0.2, -0.15) is 4.98 Å². The standard InChI is InChI=1S/C17H28N6O2/c1-4-25-17(24)23-11-9-21(10-12-23)15-13-14(2)18-16(19-15)22-7-5-20(3)6-8-22/h13H,4-12H2,1-3H3. The van der Waals surface area contributed by atoms with Crippen molar-refractivity contribution in [1.29, 1.82) is 0 Å². The second-order valence-corrected chi connectivity index (χ2v) is 6.63. The highest BCUT2D eigenvalue weighted by Gasteiger charge is 2.24. The molecule has 1 amide bonds. The van der Waals surface area contributed by atoms with E-state index in [1.54, 1.807) is 4.90 Å². The van der Waals surface area contributed by atoms with E-state index in [2.05, 4.69) is 26.7 Å². The highest BCUT2D eigenvalue weighted by molar-refractivity contribution is 5.68. The Balaban J connectivity index is 1.66. The third-order valence-corrected chi connectivity index (χ3v) is 4.74. The first kappa shape index (κ1) is 17.7. The Morgan fingerprint density at radius 2 is 1.68 bits per heavy atom. The van der Waals surface area contributed by atoms with Crippen LogP contribution in [0.2, 0.25) is 0 Å². The summed E-state index contributed by atoms with van der Waals surface area (Å²) in [5.41, 5.74) is 0.978. The molecule has 0 aliphatic carbocycles. The molecule has 0 bridgehead atoms. The summed E-state index contributed by atoms with van der Waals surface area (Å²) in [7, 11) is 2.14. The average molecular weight is 348 g/mol. The Kier molecular flexibility index (Phi) is 5.57. The Morgan fingerprint density at radius 1 is 1.04 bits per heavy atom. The van der Waals surface area contributed by atoms with Gasteiger partial charge in [0.2, 0.25) is 5.95 Å². The molecule has 0 atom stereocenters. The van der Waals surface area contributed by atoms with E-state index >= 15 is 0 Å². The molecule has 8 heteroatoms. The van der Waals surface area contributed by atoms with Crippen molar-refractivity contribution in [3.8, 4) is 0 Å². The van der Waals surface area contributed by atoms with Crippen molar-refractivity contribution >= 4 is 17.9 Å². The third kappa shape index (κ3) is 4.31. The second kappa shape index (κ2) is 7.86. The number of hydrogen-bond acceptors (Lipinski definition) is 7. The number of anilines is 2. The van der Waals surface area contributed by atoms with E-state index in [1.165, 1.54) is 0 Å². The minimum atomic E-state index is -0.223. The van der Waals surface area contributed by atoms with E-state index in [-0.39, 0.29) is 6.09 Å². The van der Waals surface area contributed by atoms with Gasteiger partial charge >= 0.3 is 6.09 Å². The average Bonchev–Trinajstić information content (AvgIpc) is 2.62. The van der Waals surface area contributed by atoms with E-state index in [1.807, 2.05) is 19.9 Å². The maximum atomic E-state index is 11.8. The quantitative estimate of drug-likeness (QED) is 0.801. The van der Waals surface area contributed by atoms with Gasteiger partial charge in [0.15, 0.2) is 0 Å². The minimum absolute atomic E-state index is 0.223. The lowest BCUT2D eigenvalue weighted by atomic mass is 10.3. The minimum Gasteiger partial charge on any atom is -0.450 e. The summed E-state index contributed by atoms with van der Waals surface area (Å²) in [6.45, 7) is 11.1. The van der Waals surface area contributed by atoms with Gasteiger partial charge in [-0.3, -0.25) is 0 Å². The molecule has 0 aromatic carbocycles. The van der Waals surface area contributed by atoms with E-state index in [0.717, 1.165) is 56.7 Å². The summed E-state index contributed by atoms with van der Waals surface area (Å²) in [6.07, 6.45) is -0.223. The van der Waals surface area contributed by atoms with Crippen LogP contribution in [-0.4, -0.2) is 91.9 Å². The molecule has 25 heavy (non-hydrogen) atoms. The van der Waals surface area contributed by atoms with Crippen LogP contribution in [0, 0.1) is 6.92 Å². The summed E-state index contributed by atoms with van der Waals surface area (Å²) in [4.78, 5) is 29.8. The molecule has 1 aromatic rings. The molecule has 2 saturated heterocycles. The van der Waals surface area contributed by atoms with Crippen LogP contribution in [0.5, 0.6) is 0 Å². The number of ether oxygens (including phenoxy) is 1. The Bertz CT molecular complexity index is 595. The number of likely N-dealkylation sites (N-methyl/N-ethyl adjacent to an activating group) is 1. The molecule has 0 N–H and O–H groups in total. The lowest BCUT2D eigenvalue weighted by Gasteiger charge is -2.36. The van der Waals surface area contributed by atoms with E-state index in [4.69, 9.17) is 9.72 Å². The number of carbonyl (C=O) groups is 1. The van der Waals surface area contributed by atoms with Crippen molar-refractivity contribution < 1.29 is 9.53 Å². The molecular weight excluding hydrogens is 320 g/mol. The lowest BCUT2D eigenvalue weighted by molar-refractivity contribution is 0.105. The molecule has 2 aliphatic rings. The molecule has 2 aliphatic heterocycles. The number of carbonyl (C=O) groups excluding carboxylic acids is 1. The molecule has 0 radical (unpaired) electrons. The predicted octanol–water partition coefficient (Wildman–Crippen LogP) is 0.815. The van der Waals surface area contributed by atoms with Crippen LogP contribution in [0.3, 0.4) is 0 Å². The predicted molar refractivity (Wildman–Crippen MR) is 97.3 cm³/mol. The maximum absolute atomic E-state index is 11.8. The molecule has 3 rings (SSSR count). The van der Waals surface area contributed by atoms with Crippen molar-refractivity contribution in [1.82, 2.24) is 19.8 Å². The Labute approximate surface area is 149 Å². The molecule has 0 unspecified atom stereocenters. The zero-order valence-corrected chi connectivity index (χ0v) is 15.4. The summed E-state index contributed by atoms with van der Waals surface area (Å²) in [5, 5.41) is 0. The topological polar surface area (TPSA) is 65.0 Å². The number of nitrogens with zero attached hydrogens (tertiary/aromatic N) is 6. The summed E-state index contributed by atoms with van der Waals surface area (Å²) >= 11 is 0. The van der Waals surface area contributed by atoms with Gasteiger partial charge in [0.1, 0.15) is 5.82 Å². The molecular formula is C17H28N6O2. The van der Waals surface area contributed by atoms with Crippen LogP contribution in [0.25, 0.3) is 0 Å². The summed E-state index contributed by atoms with van der Waals surface area (Å²) in [5.74, 6) is 1.76. The number of hydrogen-bond donors (Lipinski definition) is 0. The van der Waals surface area contributed by atoms with Gasteiger partial charge in [-0.1, -0.05) is 0 Å². The fourth-order valence-electron chi connectivity index (χ4n) is 3.18. The fourth-order valence-corrected chi connectivity index (χ4v) is 3.18. The first-order chi connectivity index (χ1) is 12.1. The first-order valence-corrected chi connectivity index (χ1v) is 9.02. The number of amides is 1. The Hall–Kier alpha value is -2.09. The zero-order chi connectivity index (χ0) is 17.8. The molecule has 138 valence electrons. The van der Waals surface area contributed by atoms with Crippen LogP contribution in [0.15, 0.2) is 6.07 Å². The van der Waals surface area contributed by atoms with Crippen LogP contribution >= 0.6 is 0 Å². The number of aryl methyl sites for hydroxylation is 1. The van der Waals surface area contributed by atoms with Gasteiger partial charge in [-0.05, 0) is 20.9 Å². The van der Waals surface area contributed by atoms with Crippen molar-refractivity contribution in [2.75, 3.05) is 75.8 Å². The molecule has 1 aromatic heterocycles. The van der Waals surface area contributed by atoms with Gasteiger partial charge in [0, 0.05) is 64.1 Å². The van der Waals surface area contributed by atoms with Crippen molar-refractivity contribution in [2.45, 2.75) is 13.8 Å². The number of rotatable bonds is 3.